The molecule has 2 N–H and O–H groups in total. The number of ether oxygens (including phenoxy) is 1. The highest BCUT2D eigenvalue weighted by Gasteiger charge is 2.30. The van der Waals surface area contributed by atoms with E-state index in [1.54, 1.807) is 20.9 Å². The number of hydrogen-bond acceptors (Lipinski definition) is 8. The largest absolute Gasteiger partial charge is 0.467 e. The number of aromatic nitrogens is 3. The van der Waals surface area contributed by atoms with Gasteiger partial charge in [-0.25, -0.2) is 8.42 Å². The number of nitrogens with zero attached hydrogens (tertiary/aromatic N) is 3. The summed E-state index contributed by atoms with van der Waals surface area (Å²) in [4.78, 5) is 12.0. The zero-order valence-electron chi connectivity index (χ0n) is 11.7. The summed E-state index contributed by atoms with van der Waals surface area (Å²) >= 11 is 0. The van der Waals surface area contributed by atoms with Gasteiger partial charge in [-0.3, -0.25) is 0 Å². The molecule has 1 aromatic heterocycles. The summed E-state index contributed by atoms with van der Waals surface area (Å²) in [6, 6.07) is 0.152. The first-order valence-corrected chi connectivity index (χ1v) is 7.50. The molecular formula is C10H19N5O3S. The molecule has 0 spiro atoms. The molecule has 8 nitrogen and oxygen atoms in total. The third kappa shape index (κ3) is 3.91. The SMILES string of the molecule is CNc1nc(NCC(C)(C)S(C)(=O)=O)nc(OC)n1. The van der Waals surface area contributed by atoms with Crippen molar-refractivity contribution in [3.05, 3.63) is 0 Å². The van der Waals surface area contributed by atoms with E-state index in [2.05, 4.69) is 25.6 Å². The molecule has 0 bridgehead atoms. The lowest BCUT2D eigenvalue weighted by Crippen LogP contribution is -2.38. The van der Waals surface area contributed by atoms with Crippen molar-refractivity contribution in [3.63, 3.8) is 0 Å². The Morgan fingerprint density at radius 3 is 2.26 bits per heavy atom. The van der Waals surface area contributed by atoms with Gasteiger partial charge in [0.2, 0.25) is 11.9 Å². The maximum Gasteiger partial charge on any atom is 0.322 e. The van der Waals surface area contributed by atoms with E-state index in [9.17, 15) is 8.42 Å². The summed E-state index contributed by atoms with van der Waals surface area (Å²) in [6.07, 6.45) is 1.20. The van der Waals surface area contributed by atoms with Gasteiger partial charge in [0.1, 0.15) is 0 Å². The highest BCUT2D eigenvalue weighted by Crippen LogP contribution is 2.16. The van der Waals surface area contributed by atoms with Crippen molar-refractivity contribution in [2.75, 3.05) is 37.6 Å². The molecule has 9 heteroatoms. The Labute approximate surface area is 112 Å². The molecule has 19 heavy (non-hydrogen) atoms. The van der Waals surface area contributed by atoms with Gasteiger partial charge in [-0.2, -0.15) is 15.0 Å². The van der Waals surface area contributed by atoms with Crippen molar-refractivity contribution in [2.24, 2.45) is 0 Å². The van der Waals surface area contributed by atoms with Gasteiger partial charge in [0.05, 0.1) is 11.9 Å². The highest BCUT2D eigenvalue weighted by atomic mass is 32.2. The Kier molecular flexibility index (Phi) is 4.51. The molecule has 0 saturated carbocycles. The van der Waals surface area contributed by atoms with Crippen molar-refractivity contribution in [1.29, 1.82) is 0 Å². The molecule has 0 aliphatic carbocycles. The van der Waals surface area contributed by atoms with Crippen LogP contribution in [0.3, 0.4) is 0 Å². The van der Waals surface area contributed by atoms with Crippen LogP contribution in [0.25, 0.3) is 0 Å². The lowest BCUT2D eigenvalue weighted by Gasteiger charge is -2.22. The van der Waals surface area contributed by atoms with Gasteiger partial charge in [0.15, 0.2) is 9.84 Å². The lowest BCUT2D eigenvalue weighted by molar-refractivity contribution is 0.379. The molecule has 0 unspecified atom stereocenters. The number of sulfone groups is 1. The van der Waals surface area contributed by atoms with Crippen molar-refractivity contribution in [2.45, 2.75) is 18.6 Å². The second-order valence-electron chi connectivity index (χ2n) is 4.60. The number of hydrogen-bond donors (Lipinski definition) is 2. The van der Waals surface area contributed by atoms with Crippen LogP contribution < -0.4 is 15.4 Å². The number of rotatable bonds is 6. The van der Waals surface area contributed by atoms with Gasteiger partial charge in [0.25, 0.3) is 0 Å². The summed E-state index contributed by atoms with van der Waals surface area (Å²) in [5.41, 5.74) is 0. The second-order valence-corrected chi connectivity index (χ2v) is 7.25. The minimum absolute atomic E-state index is 0.152. The molecular weight excluding hydrogens is 270 g/mol. The van der Waals surface area contributed by atoms with Crippen molar-refractivity contribution < 1.29 is 13.2 Å². The van der Waals surface area contributed by atoms with Crippen molar-refractivity contribution in [1.82, 2.24) is 15.0 Å². The Morgan fingerprint density at radius 2 is 1.79 bits per heavy atom. The van der Waals surface area contributed by atoms with Crippen molar-refractivity contribution >= 4 is 21.7 Å². The van der Waals surface area contributed by atoms with Crippen LogP contribution in [0.4, 0.5) is 11.9 Å². The quantitative estimate of drug-likeness (QED) is 0.762. The van der Waals surface area contributed by atoms with E-state index >= 15 is 0 Å². The fourth-order valence-electron chi connectivity index (χ4n) is 1.06. The molecule has 0 aliphatic heterocycles. The molecule has 0 aliphatic rings. The Morgan fingerprint density at radius 1 is 1.21 bits per heavy atom. The Hall–Kier alpha value is -1.64. The van der Waals surface area contributed by atoms with Gasteiger partial charge in [0, 0.05) is 19.8 Å². The van der Waals surface area contributed by atoms with E-state index in [-0.39, 0.29) is 18.5 Å². The topological polar surface area (TPSA) is 106 Å². The molecule has 0 aromatic carbocycles. The number of methoxy groups -OCH3 is 1. The number of nitrogens with one attached hydrogen (secondary N) is 2. The molecule has 1 rings (SSSR count). The Balaban J connectivity index is 2.89. The normalized spacial score (nSPS) is 12.1. The van der Waals surface area contributed by atoms with Crippen LogP contribution in [0.2, 0.25) is 0 Å². The van der Waals surface area contributed by atoms with Gasteiger partial charge in [-0.15, -0.1) is 0 Å². The van der Waals surface area contributed by atoms with E-state index in [4.69, 9.17) is 4.74 Å². The summed E-state index contributed by atoms with van der Waals surface area (Å²) in [5, 5.41) is 5.65. The van der Waals surface area contributed by atoms with Crippen LogP contribution in [0.5, 0.6) is 6.01 Å². The monoisotopic (exact) mass is 289 g/mol. The minimum atomic E-state index is -3.18. The van der Waals surface area contributed by atoms with Crippen LogP contribution in [0.1, 0.15) is 13.8 Å². The maximum absolute atomic E-state index is 11.6. The fourth-order valence-corrected chi connectivity index (χ4v) is 1.40. The van der Waals surface area contributed by atoms with Crippen LogP contribution in [-0.4, -0.2) is 55.1 Å². The standard InChI is InChI=1S/C10H19N5O3S/c1-10(2,19(5,16)17)6-12-8-13-7(11-3)14-9(15-8)18-4/h6H2,1-5H3,(H2,11,12,13,14,15). The van der Waals surface area contributed by atoms with Crippen LogP contribution in [0.15, 0.2) is 0 Å². The van der Waals surface area contributed by atoms with Gasteiger partial charge >= 0.3 is 6.01 Å². The summed E-state index contributed by atoms with van der Waals surface area (Å²) in [6.45, 7) is 3.45. The molecule has 1 heterocycles. The maximum atomic E-state index is 11.6. The summed E-state index contributed by atoms with van der Waals surface area (Å²) < 4.78 is 27.2. The highest BCUT2D eigenvalue weighted by molar-refractivity contribution is 7.92. The number of anilines is 2. The van der Waals surface area contributed by atoms with E-state index in [0.717, 1.165) is 0 Å². The van der Waals surface area contributed by atoms with E-state index in [0.29, 0.717) is 5.95 Å². The van der Waals surface area contributed by atoms with Crippen LogP contribution >= 0.6 is 0 Å². The first-order chi connectivity index (χ1) is 8.69. The van der Waals surface area contributed by atoms with Gasteiger partial charge in [-0.1, -0.05) is 0 Å². The van der Waals surface area contributed by atoms with E-state index < -0.39 is 14.6 Å². The molecule has 1 aromatic rings. The third-order valence-corrected chi connectivity index (χ3v) is 4.85. The predicted octanol–water partition coefficient (Wildman–Crippen LogP) is 0.157. The second kappa shape index (κ2) is 5.55. The fraction of sp³-hybridized carbons (Fsp3) is 0.700. The Bertz CT molecular complexity index is 522. The van der Waals surface area contributed by atoms with E-state index in [1.165, 1.54) is 13.4 Å². The summed E-state index contributed by atoms with van der Waals surface area (Å²) in [5.74, 6) is 0.597. The zero-order chi connectivity index (χ0) is 14.7. The van der Waals surface area contributed by atoms with Crippen molar-refractivity contribution in [3.8, 4) is 6.01 Å². The average molecular weight is 289 g/mol. The average Bonchev–Trinajstić information content (AvgIpc) is 2.34. The molecule has 108 valence electrons. The smallest absolute Gasteiger partial charge is 0.322 e. The summed E-state index contributed by atoms with van der Waals surface area (Å²) in [7, 11) is -0.0753. The minimum Gasteiger partial charge on any atom is -0.467 e. The first kappa shape index (κ1) is 15.4. The predicted molar refractivity (Wildman–Crippen MR) is 73.3 cm³/mol. The zero-order valence-corrected chi connectivity index (χ0v) is 12.5. The molecule has 0 amide bonds. The van der Waals surface area contributed by atoms with Gasteiger partial charge in [-0.05, 0) is 13.8 Å². The first-order valence-electron chi connectivity index (χ1n) is 5.61. The molecule has 0 atom stereocenters. The van der Waals surface area contributed by atoms with Crippen LogP contribution in [0, 0.1) is 0 Å². The molecule has 0 fully saturated rings. The molecule has 0 saturated heterocycles. The van der Waals surface area contributed by atoms with Gasteiger partial charge < -0.3 is 15.4 Å². The lowest BCUT2D eigenvalue weighted by atomic mass is 10.2. The van der Waals surface area contributed by atoms with E-state index in [1.807, 2.05) is 0 Å². The third-order valence-electron chi connectivity index (χ3n) is 2.70. The molecule has 0 radical (unpaired) electrons. The van der Waals surface area contributed by atoms with Crippen LogP contribution in [-0.2, 0) is 9.84 Å².